The maximum atomic E-state index is 12.5. The van der Waals surface area contributed by atoms with Crippen molar-refractivity contribution in [3.8, 4) is 0 Å². The van der Waals surface area contributed by atoms with Crippen LogP contribution in [0, 0.1) is 5.82 Å². The van der Waals surface area contributed by atoms with Gasteiger partial charge in [0.25, 0.3) is 0 Å². The van der Waals surface area contributed by atoms with Crippen molar-refractivity contribution in [3.05, 3.63) is 42.2 Å². The van der Waals surface area contributed by atoms with Crippen molar-refractivity contribution in [2.45, 2.75) is 0 Å². The highest BCUT2D eigenvalue weighted by atomic mass is 19.1. The molecule has 0 radical (unpaired) electrons. The van der Waals surface area contributed by atoms with Gasteiger partial charge in [0.1, 0.15) is 5.82 Å². The second-order valence-electron chi connectivity index (χ2n) is 2.69. The van der Waals surface area contributed by atoms with Crippen LogP contribution >= 0.6 is 0 Å². The van der Waals surface area contributed by atoms with E-state index < -0.39 is 17.9 Å². The highest BCUT2D eigenvalue weighted by Gasteiger charge is 2.13. The Morgan fingerprint density at radius 1 is 1.27 bits per heavy atom. The molecule has 0 aliphatic heterocycles. The first-order chi connectivity index (χ1) is 7.00. The molecule has 0 atom stereocenters. The number of ether oxygens (including phenoxy) is 1. The number of carbonyl (C=O) groups excluding carboxylic acids is 2. The molecule has 0 bridgehead atoms. The lowest BCUT2D eigenvalue weighted by molar-refractivity contribution is -0.130. The molecule has 1 rings (SSSR count). The van der Waals surface area contributed by atoms with Gasteiger partial charge in [0.2, 0.25) is 0 Å². The first kappa shape index (κ1) is 10.9. The number of rotatable bonds is 2. The third-order valence-electron chi connectivity index (χ3n) is 1.63. The monoisotopic (exact) mass is 209 g/mol. The molecule has 0 spiro atoms. The number of amides is 1. The topological polar surface area (TPSA) is 69.4 Å². The molecular formula is C10H8FNO3. The lowest BCUT2D eigenvalue weighted by Gasteiger charge is -2.03. The molecule has 1 aromatic rings. The maximum Gasteiger partial charge on any atom is 0.412 e. The minimum absolute atomic E-state index is 0.0613. The summed E-state index contributed by atoms with van der Waals surface area (Å²) in [5, 5.41) is 0. The zero-order valence-electron chi connectivity index (χ0n) is 7.70. The summed E-state index contributed by atoms with van der Waals surface area (Å²) < 4.78 is 16.6. The van der Waals surface area contributed by atoms with Crippen LogP contribution in [-0.2, 0) is 9.53 Å². The predicted octanol–water partition coefficient (Wildman–Crippen LogP) is 1.46. The summed E-state index contributed by atoms with van der Waals surface area (Å²) >= 11 is 0. The highest BCUT2D eigenvalue weighted by Crippen LogP contribution is 2.14. The van der Waals surface area contributed by atoms with Crippen molar-refractivity contribution in [1.82, 2.24) is 0 Å². The van der Waals surface area contributed by atoms with E-state index in [1.807, 2.05) is 0 Å². The fourth-order valence-corrected chi connectivity index (χ4v) is 0.922. The number of halogens is 1. The van der Waals surface area contributed by atoms with Crippen LogP contribution < -0.4 is 5.73 Å². The van der Waals surface area contributed by atoms with Crippen molar-refractivity contribution >= 4 is 17.6 Å². The molecule has 15 heavy (non-hydrogen) atoms. The smallest absolute Gasteiger partial charge is 0.373 e. The first-order valence-electron chi connectivity index (χ1n) is 3.97. The van der Waals surface area contributed by atoms with Gasteiger partial charge < -0.3 is 10.5 Å². The van der Waals surface area contributed by atoms with E-state index in [1.165, 1.54) is 12.1 Å². The number of nitrogens with two attached hydrogens (primary N) is 1. The normalized spacial score (nSPS) is 9.40. The molecule has 1 amide bonds. The average Bonchev–Trinajstić information content (AvgIpc) is 2.17. The van der Waals surface area contributed by atoms with Gasteiger partial charge in [-0.25, -0.2) is 14.0 Å². The quantitative estimate of drug-likeness (QED) is 0.455. The molecule has 1 aromatic carbocycles. The van der Waals surface area contributed by atoms with Gasteiger partial charge in [0.15, 0.2) is 0 Å². The van der Waals surface area contributed by atoms with Crippen molar-refractivity contribution < 1.29 is 18.7 Å². The van der Waals surface area contributed by atoms with Crippen molar-refractivity contribution in [2.75, 3.05) is 0 Å². The number of esters is 1. The van der Waals surface area contributed by atoms with Crippen LogP contribution in [0.3, 0.4) is 0 Å². The van der Waals surface area contributed by atoms with Crippen LogP contribution in [0.1, 0.15) is 5.56 Å². The van der Waals surface area contributed by atoms with E-state index in [0.29, 0.717) is 5.56 Å². The maximum absolute atomic E-state index is 12.5. The Labute approximate surface area is 85.1 Å². The Balaban J connectivity index is 2.81. The van der Waals surface area contributed by atoms with Crippen LogP contribution in [0.4, 0.5) is 9.18 Å². The number of benzene rings is 1. The van der Waals surface area contributed by atoms with Crippen LogP contribution in [-0.4, -0.2) is 12.1 Å². The summed E-state index contributed by atoms with van der Waals surface area (Å²) in [5.41, 5.74) is 4.95. The van der Waals surface area contributed by atoms with Gasteiger partial charge in [-0.3, -0.25) is 0 Å². The van der Waals surface area contributed by atoms with Crippen LogP contribution in [0.15, 0.2) is 30.8 Å². The summed E-state index contributed by atoms with van der Waals surface area (Å²) in [5.74, 6) is -1.39. The standard InChI is InChI=1S/C10H8FNO3/c1-6(9(13)15-10(12)14)7-2-4-8(11)5-3-7/h2-5H,1H2,(H2,12,14). The molecule has 4 nitrogen and oxygen atoms in total. The van der Waals surface area contributed by atoms with Gasteiger partial charge in [-0.2, -0.15) is 0 Å². The van der Waals surface area contributed by atoms with E-state index in [2.05, 4.69) is 17.0 Å². The summed E-state index contributed by atoms with van der Waals surface area (Å²) in [6, 6.07) is 5.02. The van der Waals surface area contributed by atoms with Gasteiger partial charge in [0, 0.05) is 0 Å². The number of hydrogen-bond acceptors (Lipinski definition) is 3. The zero-order chi connectivity index (χ0) is 11.4. The second-order valence-corrected chi connectivity index (χ2v) is 2.69. The lowest BCUT2D eigenvalue weighted by Crippen LogP contribution is -2.18. The molecule has 0 fully saturated rings. The zero-order valence-corrected chi connectivity index (χ0v) is 7.70. The number of carbonyl (C=O) groups is 2. The molecule has 78 valence electrons. The Hall–Kier alpha value is -2.17. The molecule has 0 aliphatic carbocycles. The van der Waals surface area contributed by atoms with Crippen molar-refractivity contribution in [2.24, 2.45) is 5.73 Å². The predicted molar refractivity (Wildman–Crippen MR) is 51.1 cm³/mol. The van der Waals surface area contributed by atoms with E-state index in [4.69, 9.17) is 0 Å². The largest absolute Gasteiger partial charge is 0.412 e. The van der Waals surface area contributed by atoms with E-state index >= 15 is 0 Å². The molecule has 0 aliphatic rings. The summed E-state index contributed by atoms with van der Waals surface area (Å²) in [6.07, 6.45) is -1.21. The average molecular weight is 209 g/mol. The molecule has 0 saturated heterocycles. The Bertz CT molecular complexity index is 411. The number of hydrogen-bond donors (Lipinski definition) is 1. The second kappa shape index (κ2) is 4.36. The molecule has 0 heterocycles. The fourth-order valence-electron chi connectivity index (χ4n) is 0.922. The van der Waals surface area contributed by atoms with Gasteiger partial charge >= 0.3 is 12.1 Å². The van der Waals surface area contributed by atoms with Crippen molar-refractivity contribution in [1.29, 1.82) is 0 Å². The van der Waals surface area contributed by atoms with E-state index in [9.17, 15) is 14.0 Å². The van der Waals surface area contributed by atoms with Gasteiger partial charge in [-0.05, 0) is 17.7 Å². The first-order valence-corrected chi connectivity index (χ1v) is 3.97. The lowest BCUT2D eigenvalue weighted by atomic mass is 10.1. The van der Waals surface area contributed by atoms with Crippen LogP contribution in [0.25, 0.3) is 5.57 Å². The molecule has 0 unspecified atom stereocenters. The Kier molecular flexibility index (Phi) is 3.17. The third kappa shape index (κ3) is 2.91. The fraction of sp³-hybridized carbons (Fsp3) is 0. The van der Waals surface area contributed by atoms with Gasteiger partial charge in [0.05, 0.1) is 5.57 Å². The van der Waals surface area contributed by atoms with Gasteiger partial charge in [-0.1, -0.05) is 18.7 Å². The summed E-state index contributed by atoms with van der Waals surface area (Å²) in [6.45, 7) is 3.40. The highest BCUT2D eigenvalue weighted by molar-refractivity contribution is 6.18. The molecule has 5 heteroatoms. The van der Waals surface area contributed by atoms with Crippen LogP contribution in [0.5, 0.6) is 0 Å². The molecule has 0 aromatic heterocycles. The van der Waals surface area contributed by atoms with E-state index in [1.54, 1.807) is 0 Å². The summed E-state index contributed by atoms with van der Waals surface area (Å²) in [7, 11) is 0. The molecular weight excluding hydrogens is 201 g/mol. The minimum Gasteiger partial charge on any atom is -0.373 e. The summed E-state index contributed by atoms with van der Waals surface area (Å²) in [4.78, 5) is 21.4. The molecule has 2 N–H and O–H groups in total. The molecule has 0 saturated carbocycles. The van der Waals surface area contributed by atoms with Crippen molar-refractivity contribution in [3.63, 3.8) is 0 Å². The Morgan fingerprint density at radius 3 is 2.27 bits per heavy atom. The Morgan fingerprint density at radius 2 is 1.80 bits per heavy atom. The minimum atomic E-state index is -1.21. The van der Waals surface area contributed by atoms with E-state index in [0.717, 1.165) is 12.1 Å². The SMILES string of the molecule is C=C(C(=O)OC(N)=O)c1ccc(F)cc1. The number of primary amides is 1. The van der Waals surface area contributed by atoms with Crippen LogP contribution in [0.2, 0.25) is 0 Å². The van der Waals surface area contributed by atoms with E-state index in [-0.39, 0.29) is 5.57 Å². The van der Waals surface area contributed by atoms with Gasteiger partial charge in [-0.15, -0.1) is 0 Å². The third-order valence-corrected chi connectivity index (χ3v) is 1.63.